The maximum absolute atomic E-state index is 12.1. The van der Waals surface area contributed by atoms with Crippen LogP contribution in [0.4, 0.5) is 13.2 Å². The molecule has 120 valence electrons. The summed E-state index contributed by atoms with van der Waals surface area (Å²) in [6.45, 7) is 9.45. The Hall–Kier alpha value is -1.23. The Kier molecular flexibility index (Phi) is 6.08. The van der Waals surface area contributed by atoms with Gasteiger partial charge in [0.1, 0.15) is 5.75 Å². The van der Waals surface area contributed by atoms with Crippen LogP contribution in [-0.4, -0.2) is 18.9 Å². The van der Waals surface area contributed by atoms with E-state index < -0.39 is 6.36 Å². The van der Waals surface area contributed by atoms with Gasteiger partial charge in [0, 0.05) is 6.04 Å². The molecule has 1 rings (SSSR count). The van der Waals surface area contributed by atoms with Crippen LogP contribution in [0.3, 0.4) is 0 Å². The van der Waals surface area contributed by atoms with Gasteiger partial charge in [0.25, 0.3) is 0 Å². The van der Waals surface area contributed by atoms with Gasteiger partial charge in [-0.1, -0.05) is 39.8 Å². The third-order valence-electron chi connectivity index (χ3n) is 3.90. The van der Waals surface area contributed by atoms with Gasteiger partial charge in [-0.25, -0.2) is 0 Å². The lowest BCUT2D eigenvalue weighted by atomic mass is 9.79. The number of halogens is 3. The number of hydrogen-bond acceptors (Lipinski definition) is 2. The van der Waals surface area contributed by atoms with Crippen molar-refractivity contribution in [3.05, 3.63) is 29.8 Å². The zero-order valence-corrected chi connectivity index (χ0v) is 13.1. The molecule has 0 fully saturated rings. The minimum absolute atomic E-state index is 0.122. The normalized spacial score (nSPS) is 14.0. The number of nitrogens with one attached hydrogen (secondary N) is 1. The topological polar surface area (TPSA) is 21.3 Å². The minimum atomic E-state index is -4.64. The van der Waals surface area contributed by atoms with Gasteiger partial charge in [-0.05, 0) is 42.5 Å². The SMILES string of the molecule is CCNC(Cc1ccc(OC(F)(F)F)cc1)C(C)(C)CC. The average Bonchev–Trinajstić information content (AvgIpc) is 2.38. The molecule has 0 heterocycles. The summed E-state index contributed by atoms with van der Waals surface area (Å²) < 4.78 is 40.2. The lowest BCUT2D eigenvalue weighted by Gasteiger charge is -2.34. The van der Waals surface area contributed by atoms with E-state index in [-0.39, 0.29) is 17.2 Å². The van der Waals surface area contributed by atoms with Gasteiger partial charge < -0.3 is 10.1 Å². The highest BCUT2D eigenvalue weighted by molar-refractivity contribution is 5.28. The molecule has 1 aromatic rings. The predicted molar refractivity (Wildman–Crippen MR) is 78.4 cm³/mol. The van der Waals surface area contributed by atoms with Crippen LogP contribution in [0.2, 0.25) is 0 Å². The van der Waals surface area contributed by atoms with Gasteiger partial charge in [0.05, 0.1) is 0 Å². The molecule has 0 aliphatic rings. The van der Waals surface area contributed by atoms with Crippen LogP contribution in [0.5, 0.6) is 5.75 Å². The minimum Gasteiger partial charge on any atom is -0.406 e. The number of rotatable bonds is 7. The molecule has 0 amide bonds. The average molecular weight is 303 g/mol. The summed E-state index contributed by atoms with van der Waals surface area (Å²) in [7, 11) is 0. The summed E-state index contributed by atoms with van der Waals surface area (Å²) in [6, 6.07) is 6.39. The van der Waals surface area contributed by atoms with Crippen molar-refractivity contribution in [2.45, 2.75) is 52.9 Å². The third kappa shape index (κ3) is 5.96. The summed E-state index contributed by atoms with van der Waals surface area (Å²) >= 11 is 0. The number of hydrogen-bond donors (Lipinski definition) is 1. The maximum atomic E-state index is 12.1. The Labute approximate surface area is 124 Å². The van der Waals surface area contributed by atoms with E-state index in [1.165, 1.54) is 12.1 Å². The molecule has 0 spiro atoms. The van der Waals surface area contributed by atoms with E-state index >= 15 is 0 Å². The third-order valence-corrected chi connectivity index (χ3v) is 3.90. The van der Waals surface area contributed by atoms with Gasteiger partial charge in [0.15, 0.2) is 0 Å². The molecular formula is C16H24F3NO. The quantitative estimate of drug-likeness (QED) is 0.798. The molecule has 0 bridgehead atoms. The van der Waals surface area contributed by atoms with Gasteiger partial charge in [-0.15, -0.1) is 13.2 Å². The molecular weight excluding hydrogens is 279 g/mol. The standard InChI is InChI=1S/C16H24F3NO/c1-5-15(3,4)14(20-6-2)11-12-7-9-13(10-8-12)21-16(17,18)19/h7-10,14,20H,5-6,11H2,1-4H3. The molecule has 0 saturated heterocycles. The lowest BCUT2D eigenvalue weighted by molar-refractivity contribution is -0.274. The summed E-state index contributed by atoms with van der Waals surface area (Å²) in [5, 5.41) is 3.46. The Balaban J connectivity index is 2.77. The fourth-order valence-corrected chi connectivity index (χ4v) is 2.18. The Morgan fingerprint density at radius 3 is 2.10 bits per heavy atom. The first kappa shape index (κ1) is 17.8. The van der Waals surface area contributed by atoms with Crippen molar-refractivity contribution < 1.29 is 17.9 Å². The van der Waals surface area contributed by atoms with Crippen LogP contribution in [0.25, 0.3) is 0 Å². The van der Waals surface area contributed by atoms with Crippen molar-refractivity contribution in [3.8, 4) is 5.75 Å². The van der Waals surface area contributed by atoms with E-state index in [9.17, 15) is 13.2 Å². The second-order valence-corrected chi connectivity index (χ2v) is 5.85. The highest BCUT2D eigenvalue weighted by atomic mass is 19.4. The number of likely N-dealkylation sites (N-methyl/N-ethyl adjacent to an activating group) is 1. The molecule has 0 saturated carbocycles. The monoisotopic (exact) mass is 303 g/mol. The molecule has 5 heteroatoms. The molecule has 2 nitrogen and oxygen atoms in total. The van der Waals surface area contributed by atoms with Crippen LogP contribution in [0.1, 0.15) is 39.7 Å². The van der Waals surface area contributed by atoms with Crippen LogP contribution >= 0.6 is 0 Å². The molecule has 0 aliphatic heterocycles. The van der Waals surface area contributed by atoms with Crippen molar-refractivity contribution in [1.82, 2.24) is 5.32 Å². The molecule has 0 aliphatic carbocycles. The second kappa shape index (κ2) is 7.16. The highest BCUT2D eigenvalue weighted by Crippen LogP contribution is 2.28. The fourth-order valence-electron chi connectivity index (χ4n) is 2.18. The maximum Gasteiger partial charge on any atom is 0.573 e. The first-order chi connectivity index (χ1) is 9.68. The van der Waals surface area contributed by atoms with E-state index in [1.54, 1.807) is 12.1 Å². The molecule has 21 heavy (non-hydrogen) atoms. The predicted octanol–water partition coefficient (Wildman–Crippen LogP) is 4.54. The van der Waals surface area contributed by atoms with Crippen molar-refractivity contribution in [1.29, 1.82) is 0 Å². The van der Waals surface area contributed by atoms with Crippen molar-refractivity contribution in [3.63, 3.8) is 0 Å². The summed E-state index contributed by atoms with van der Waals surface area (Å²) in [4.78, 5) is 0. The first-order valence-corrected chi connectivity index (χ1v) is 7.26. The first-order valence-electron chi connectivity index (χ1n) is 7.26. The highest BCUT2D eigenvalue weighted by Gasteiger charge is 2.31. The zero-order chi connectivity index (χ0) is 16.1. The summed E-state index contributed by atoms with van der Waals surface area (Å²) in [5.74, 6) is -0.180. The molecule has 1 aromatic carbocycles. The van der Waals surface area contributed by atoms with Gasteiger partial charge in [0.2, 0.25) is 0 Å². The summed E-state index contributed by atoms with van der Waals surface area (Å²) in [5.41, 5.74) is 1.12. The molecule has 1 unspecified atom stereocenters. The van der Waals surface area contributed by atoms with Crippen LogP contribution in [-0.2, 0) is 6.42 Å². The van der Waals surface area contributed by atoms with Gasteiger partial charge in [-0.3, -0.25) is 0 Å². The van der Waals surface area contributed by atoms with Crippen LogP contribution < -0.4 is 10.1 Å². The van der Waals surface area contributed by atoms with Gasteiger partial charge >= 0.3 is 6.36 Å². The number of alkyl halides is 3. The van der Waals surface area contributed by atoms with E-state index in [0.717, 1.165) is 24.9 Å². The molecule has 1 N–H and O–H groups in total. The van der Waals surface area contributed by atoms with Crippen molar-refractivity contribution in [2.24, 2.45) is 5.41 Å². The second-order valence-electron chi connectivity index (χ2n) is 5.85. The Morgan fingerprint density at radius 2 is 1.67 bits per heavy atom. The largest absolute Gasteiger partial charge is 0.573 e. The van der Waals surface area contributed by atoms with E-state index in [1.807, 2.05) is 0 Å². The van der Waals surface area contributed by atoms with E-state index in [0.29, 0.717) is 0 Å². The van der Waals surface area contributed by atoms with Crippen LogP contribution in [0.15, 0.2) is 24.3 Å². The van der Waals surface area contributed by atoms with Crippen molar-refractivity contribution in [2.75, 3.05) is 6.54 Å². The van der Waals surface area contributed by atoms with E-state index in [4.69, 9.17) is 0 Å². The molecule has 1 atom stereocenters. The number of benzene rings is 1. The van der Waals surface area contributed by atoms with Crippen LogP contribution in [0, 0.1) is 5.41 Å². The Bertz CT molecular complexity index is 426. The summed E-state index contributed by atoms with van der Waals surface area (Å²) in [6.07, 6.45) is -2.83. The number of ether oxygens (including phenoxy) is 1. The lowest BCUT2D eigenvalue weighted by Crippen LogP contribution is -2.43. The van der Waals surface area contributed by atoms with Crippen molar-refractivity contribution >= 4 is 0 Å². The fraction of sp³-hybridized carbons (Fsp3) is 0.625. The van der Waals surface area contributed by atoms with Gasteiger partial charge in [-0.2, -0.15) is 0 Å². The smallest absolute Gasteiger partial charge is 0.406 e. The Morgan fingerprint density at radius 1 is 1.10 bits per heavy atom. The zero-order valence-electron chi connectivity index (χ0n) is 13.1. The van der Waals surface area contributed by atoms with E-state index in [2.05, 4.69) is 37.7 Å². The molecule has 0 radical (unpaired) electrons. The molecule has 0 aromatic heterocycles.